The van der Waals surface area contributed by atoms with Gasteiger partial charge in [-0.1, -0.05) is 36.4 Å². The number of aliphatic hydroxyl groups is 1. The van der Waals surface area contributed by atoms with Gasteiger partial charge in [0.05, 0.1) is 20.3 Å². The second-order valence-corrected chi connectivity index (χ2v) is 5.66. The van der Waals surface area contributed by atoms with E-state index >= 15 is 0 Å². The zero-order valence-electron chi connectivity index (χ0n) is 14.0. The van der Waals surface area contributed by atoms with E-state index in [2.05, 4.69) is 6.58 Å². The first kappa shape index (κ1) is 18.0. The number of hydrogen-bond acceptors (Lipinski definition) is 4. The molecule has 0 radical (unpaired) electrons. The predicted molar refractivity (Wildman–Crippen MR) is 94.4 cm³/mol. The molecule has 24 heavy (non-hydrogen) atoms. The Morgan fingerprint density at radius 1 is 1.00 bits per heavy atom. The Morgan fingerprint density at radius 3 is 2.29 bits per heavy atom. The second kappa shape index (κ2) is 9.11. The van der Waals surface area contributed by atoms with Crippen LogP contribution in [-0.4, -0.2) is 31.0 Å². The highest BCUT2D eigenvalue weighted by Gasteiger charge is 2.27. The molecule has 0 fully saturated rings. The summed E-state index contributed by atoms with van der Waals surface area (Å²) in [6, 6.07) is 17.1. The number of ether oxygens (including phenoxy) is 3. The van der Waals surface area contributed by atoms with Crippen molar-refractivity contribution in [2.24, 2.45) is 0 Å². The third-order valence-corrected chi connectivity index (χ3v) is 3.57. The van der Waals surface area contributed by atoms with E-state index in [-0.39, 0.29) is 13.2 Å². The summed E-state index contributed by atoms with van der Waals surface area (Å²) in [7, 11) is 1.61. The molecule has 0 spiro atoms. The summed E-state index contributed by atoms with van der Waals surface area (Å²) >= 11 is 0. The molecule has 0 saturated carbocycles. The maximum Gasteiger partial charge on any atom is 0.125 e. The number of methoxy groups -OCH3 is 1. The van der Waals surface area contributed by atoms with E-state index in [9.17, 15) is 5.11 Å². The summed E-state index contributed by atoms with van der Waals surface area (Å²) in [5.41, 5.74) is -0.0502. The van der Waals surface area contributed by atoms with Crippen LogP contribution in [0.5, 0.6) is 11.5 Å². The molecule has 4 nitrogen and oxygen atoms in total. The van der Waals surface area contributed by atoms with Crippen molar-refractivity contribution in [2.45, 2.75) is 18.6 Å². The molecule has 2 aromatic carbocycles. The van der Waals surface area contributed by atoms with Gasteiger partial charge in [-0.25, -0.2) is 0 Å². The molecule has 0 aliphatic carbocycles. The van der Waals surface area contributed by atoms with Gasteiger partial charge in [0, 0.05) is 0 Å². The third-order valence-electron chi connectivity index (χ3n) is 3.57. The van der Waals surface area contributed by atoms with Gasteiger partial charge in [-0.05, 0) is 36.2 Å². The third kappa shape index (κ3) is 5.72. The molecule has 2 rings (SSSR count). The van der Waals surface area contributed by atoms with Crippen molar-refractivity contribution >= 4 is 0 Å². The van der Waals surface area contributed by atoms with Crippen molar-refractivity contribution in [3.8, 4) is 11.5 Å². The van der Waals surface area contributed by atoms with Crippen molar-refractivity contribution in [2.75, 3.05) is 20.3 Å². The van der Waals surface area contributed by atoms with E-state index < -0.39 is 5.60 Å². The highest BCUT2D eigenvalue weighted by molar-refractivity contribution is 5.31. The van der Waals surface area contributed by atoms with Crippen molar-refractivity contribution in [3.63, 3.8) is 0 Å². The molecule has 0 amide bonds. The monoisotopic (exact) mass is 328 g/mol. The lowest BCUT2D eigenvalue weighted by Crippen LogP contribution is -2.40. The average molecular weight is 328 g/mol. The quantitative estimate of drug-likeness (QED) is 0.677. The summed E-state index contributed by atoms with van der Waals surface area (Å²) in [4.78, 5) is 0. The van der Waals surface area contributed by atoms with Crippen LogP contribution in [0.15, 0.2) is 67.3 Å². The fourth-order valence-electron chi connectivity index (χ4n) is 2.25. The van der Waals surface area contributed by atoms with Crippen molar-refractivity contribution in [1.82, 2.24) is 0 Å². The maximum atomic E-state index is 10.7. The highest BCUT2D eigenvalue weighted by Crippen LogP contribution is 2.20. The molecule has 0 heterocycles. The van der Waals surface area contributed by atoms with E-state index in [0.29, 0.717) is 18.8 Å². The molecule has 128 valence electrons. The van der Waals surface area contributed by atoms with Crippen molar-refractivity contribution in [1.29, 1.82) is 0 Å². The summed E-state index contributed by atoms with van der Waals surface area (Å²) in [5, 5.41) is 10.7. The normalized spacial score (nSPS) is 13.1. The van der Waals surface area contributed by atoms with Gasteiger partial charge in [-0.15, -0.1) is 6.58 Å². The minimum absolute atomic E-state index is 0.125. The minimum Gasteiger partial charge on any atom is -0.497 e. The summed E-state index contributed by atoms with van der Waals surface area (Å²) in [6.45, 7) is 4.45. The van der Waals surface area contributed by atoms with Crippen molar-refractivity contribution < 1.29 is 19.3 Å². The van der Waals surface area contributed by atoms with Gasteiger partial charge < -0.3 is 19.3 Å². The lowest BCUT2D eigenvalue weighted by molar-refractivity contribution is -0.0738. The topological polar surface area (TPSA) is 47.9 Å². The molecule has 0 saturated heterocycles. The molecular formula is C20H24O4. The van der Waals surface area contributed by atoms with Crippen LogP contribution >= 0.6 is 0 Å². The van der Waals surface area contributed by atoms with E-state index in [1.54, 1.807) is 25.3 Å². The summed E-state index contributed by atoms with van der Waals surface area (Å²) in [6.07, 6.45) is 2.06. The maximum absolute atomic E-state index is 10.7. The largest absolute Gasteiger partial charge is 0.497 e. The first-order valence-corrected chi connectivity index (χ1v) is 7.87. The number of rotatable bonds is 10. The van der Waals surface area contributed by atoms with Gasteiger partial charge in [0.1, 0.15) is 23.7 Å². The molecule has 1 atom stereocenters. The Labute approximate surface area is 143 Å². The molecule has 1 N–H and O–H groups in total. The van der Waals surface area contributed by atoms with Gasteiger partial charge in [-0.2, -0.15) is 0 Å². The smallest absolute Gasteiger partial charge is 0.125 e. The standard InChI is InChI=1S/C20H24O4/c1-3-13-20(21,15-23-14-17-7-5-4-6-8-17)16-24-19-11-9-18(22-2)10-12-19/h3-12,21H,1,13-16H2,2H3/t20-/m0/s1. The Bertz CT molecular complexity index is 609. The van der Waals surface area contributed by atoms with E-state index in [1.807, 2.05) is 42.5 Å². The first-order valence-electron chi connectivity index (χ1n) is 7.87. The number of benzene rings is 2. The first-order chi connectivity index (χ1) is 11.6. The van der Waals surface area contributed by atoms with E-state index in [4.69, 9.17) is 14.2 Å². The summed E-state index contributed by atoms with van der Waals surface area (Å²) < 4.78 is 16.5. The van der Waals surface area contributed by atoms with E-state index in [0.717, 1.165) is 11.3 Å². The van der Waals surface area contributed by atoms with Gasteiger partial charge in [0.2, 0.25) is 0 Å². The van der Waals surface area contributed by atoms with Gasteiger partial charge >= 0.3 is 0 Å². The molecule has 2 aromatic rings. The van der Waals surface area contributed by atoms with Crippen LogP contribution in [0.3, 0.4) is 0 Å². The average Bonchev–Trinajstić information content (AvgIpc) is 2.62. The van der Waals surface area contributed by atoms with Crippen LogP contribution in [0, 0.1) is 0 Å². The SMILES string of the molecule is C=CC[C@](O)(COCc1ccccc1)COc1ccc(OC)cc1. The molecule has 0 aliphatic rings. The zero-order chi connectivity index (χ0) is 17.3. The van der Waals surface area contributed by atoms with Gasteiger partial charge in [-0.3, -0.25) is 0 Å². The Morgan fingerprint density at radius 2 is 1.67 bits per heavy atom. The fourth-order valence-corrected chi connectivity index (χ4v) is 2.25. The van der Waals surface area contributed by atoms with Crippen LogP contribution in [0.2, 0.25) is 0 Å². The predicted octanol–water partition coefficient (Wildman–Crippen LogP) is 3.60. The molecule has 0 unspecified atom stereocenters. The molecule has 0 aliphatic heterocycles. The second-order valence-electron chi connectivity index (χ2n) is 5.66. The fraction of sp³-hybridized carbons (Fsp3) is 0.300. The van der Waals surface area contributed by atoms with Crippen molar-refractivity contribution in [3.05, 3.63) is 72.8 Å². The lowest BCUT2D eigenvalue weighted by Gasteiger charge is -2.27. The van der Waals surface area contributed by atoms with E-state index in [1.165, 1.54) is 0 Å². The number of hydrogen-bond donors (Lipinski definition) is 1. The Kier molecular flexibility index (Phi) is 6.85. The molecule has 0 bridgehead atoms. The van der Waals surface area contributed by atoms with Crippen LogP contribution in [0.25, 0.3) is 0 Å². The van der Waals surface area contributed by atoms with Crippen LogP contribution < -0.4 is 9.47 Å². The minimum atomic E-state index is -1.11. The van der Waals surface area contributed by atoms with Gasteiger partial charge in [0.25, 0.3) is 0 Å². The highest BCUT2D eigenvalue weighted by atomic mass is 16.5. The Hall–Kier alpha value is -2.30. The Balaban J connectivity index is 1.87. The van der Waals surface area contributed by atoms with Gasteiger partial charge in [0.15, 0.2) is 0 Å². The van der Waals surface area contributed by atoms with Crippen LogP contribution in [-0.2, 0) is 11.3 Å². The lowest BCUT2D eigenvalue weighted by atomic mass is 10.0. The zero-order valence-corrected chi connectivity index (χ0v) is 14.0. The van der Waals surface area contributed by atoms with Crippen LogP contribution in [0.1, 0.15) is 12.0 Å². The molecular weight excluding hydrogens is 304 g/mol. The molecule has 4 heteroatoms. The van der Waals surface area contributed by atoms with Crippen LogP contribution in [0.4, 0.5) is 0 Å². The molecule has 0 aromatic heterocycles. The summed E-state index contributed by atoms with van der Waals surface area (Å²) in [5.74, 6) is 1.43.